The predicted molar refractivity (Wildman–Crippen MR) is 54.9 cm³/mol. The molecule has 1 aliphatic heterocycles. The van der Waals surface area contributed by atoms with Crippen LogP contribution in [-0.2, 0) is 4.79 Å². The summed E-state index contributed by atoms with van der Waals surface area (Å²) in [6.07, 6.45) is 0.306. The summed E-state index contributed by atoms with van der Waals surface area (Å²) in [5, 5.41) is 2.47. The van der Waals surface area contributed by atoms with Gasteiger partial charge in [-0.25, -0.2) is 8.78 Å². The number of rotatable bonds is 0. The summed E-state index contributed by atoms with van der Waals surface area (Å²) in [5.41, 5.74) is 0.0933. The number of hydrogen-bond donors (Lipinski definition) is 1. The minimum Gasteiger partial charge on any atom is -0.323 e. The van der Waals surface area contributed by atoms with Crippen LogP contribution in [0.5, 0.6) is 0 Å². The first-order valence-corrected chi connectivity index (χ1v) is 5.40. The second-order valence-electron chi connectivity index (χ2n) is 3.44. The molecule has 1 amide bonds. The van der Waals surface area contributed by atoms with Crippen molar-refractivity contribution >= 4 is 23.4 Å². The van der Waals surface area contributed by atoms with E-state index in [4.69, 9.17) is 0 Å². The maximum Gasteiger partial charge on any atom is 0.225 e. The molecule has 1 heterocycles. The van der Waals surface area contributed by atoms with Crippen LogP contribution in [0.1, 0.15) is 13.3 Å². The van der Waals surface area contributed by atoms with Crippen LogP contribution in [0.15, 0.2) is 17.0 Å². The molecule has 15 heavy (non-hydrogen) atoms. The average Bonchev–Trinajstić information content (AvgIpc) is 2.22. The zero-order valence-electron chi connectivity index (χ0n) is 8.01. The maximum absolute atomic E-state index is 13.3. The lowest BCUT2D eigenvalue weighted by molar-refractivity contribution is -0.116. The average molecular weight is 229 g/mol. The molecule has 1 aromatic rings. The molecule has 0 aliphatic carbocycles. The highest BCUT2D eigenvalue weighted by atomic mass is 32.2. The number of halogens is 2. The number of hydrogen-bond acceptors (Lipinski definition) is 2. The van der Waals surface area contributed by atoms with Gasteiger partial charge in [-0.05, 0) is 6.07 Å². The van der Waals surface area contributed by atoms with Gasteiger partial charge in [0.1, 0.15) is 5.82 Å². The minimum atomic E-state index is -0.722. The summed E-state index contributed by atoms with van der Waals surface area (Å²) in [7, 11) is 0. The van der Waals surface area contributed by atoms with Gasteiger partial charge in [-0.1, -0.05) is 6.92 Å². The SMILES string of the molecule is CC1CC(=O)Nc2c(F)cc(F)cc2S1. The second-order valence-corrected chi connectivity index (χ2v) is 4.92. The fourth-order valence-corrected chi connectivity index (χ4v) is 2.59. The first kappa shape index (κ1) is 10.4. The van der Waals surface area contributed by atoms with Gasteiger partial charge in [0.15, 0.2) is 5.82 Å². The van der Waals surface area contributed by atoms with Crippen LogP contribution in [-0.4, -0.2) is 11.2 Å². The smallest absolute Gasteiger partial charge is 0.225 e. The Bertz CT molecular complexity index is 422. The Labute approximate surface area is 90.1 Å². The van der Waals surface area contributed by atoms with E-state index in [0.717, 1.165) is 6.07 Å². The van der Waals surface area contributed by atoms with Crippen molar-refractivity contribution < 1.29 is 13.6 Å². The standard InChI is InChI=1S/C10H9F2NOS/c1-5-2-9(14)13-10-7(12)3-6(11)4-8(10)15-5/h3-5H,2H2,1H3,(H,13,14). The van der Waals surface area contributed by atoms with Crippen LogP contribution in [0.2, 0.25) is 0 Å². The summed E-state index contributed by atoms with van der Waals surface area (Å²) in [4.78, 5) is 11.8. The van der Waals surface area contributed by atoms with E-state index in [2.05, 4.69) is 5.32 Å². The first-order valence-electron chi connectivity index (χ1n) is 4.52. The van der Waals surface area contributed by atoms with Gasteiger partial charge in [0.2, 0.25) is 5.91 Å². The van der Waals surface area contributed by atoms with Gasteiger partial charge in [-0.15, -0.1) is 11.8 Å². The van der Waals surface area contributed by atoms with Gasteiger partial charge in [0.25, 0.3) is 0 Å². The Balaban J connectivity index is 2.50. The van der Waals surface area contributed by atoms with Crippen molar-refractivity contribution in [3.63, 3.8) is 0 Å². The molecular formula is C10H9F2NOS. The van der Waals surface area contributed by atoms with E-state index in [1.165, 1.54) is 17.8 Å². The van der Waals surface area contributed by atoms with E-state index < -0.39 is 11.6 Å². The van der Waals surface area contributed by atoms with Crippen LogP contribution in [0, 0.1) is 11.6 Å². The van der Waals surface area contributed by atoms with Gasteiger partial charge in [-0.2, -0.15) is 0 Å². The maximum atomic E-state index is 13.3. The van der Waals surface area contributed by atoms with Crippen LogP contribution in [0.25, 0.3) is 0 Å². The van der Waals surface area contributed by atoms with Crippen LogP contribution >= 0.6 is 11.8 Å². The quantitative estimate of drug-likeness (QED) is 0.741. The molecule has 0 fully saturated rings. The molecule has 1 unspecified atom stereocenters. The molecule has 0 saturated heterocycles. The third kappa shape index (κ3) is 2.12. The molecule has 1 atom stereocenters. The molecule has 2 rings (SSSR count). The number of carbonyl (C=O) groups excluding carboxylic acids is 1. The second kappa shape index (κ2) is 3.81. The van der Waals surface area contributed by atoms with Crippen LogP contribution in [0.3, 0.4) is 0 Å². The molecule has 0 saturated carbocycles. The zero-order chi connectivity index (χ0) is 11.0. The number of nitrogens with one attached hydrogen (secondary N) is 1. The van der Waals surface area contributed by atoms with Gasteiger partial charge >= 0.3 is 0 Å². The summed E-state index contributed by atoms with van der Waals surface area (Å²) in [5.74, 6) is -1.58. The highest BCUT2D eigenvalue weighted by molar-refractivity contribution is 8.00. The topological polar surface area (TPSA) is 29.1 Å². The summed E-state index contributed by atoms with van der Waals surface area (Å²) in [6.45, 7) is 1.85. The Hall–Kier alpha value is -1.10. The summed E-state index contributed by atoms with van der Waals surface area (Å²) < 4.78 is 26.3. The van der Waals surface area contributed by atoms with Crippen molar-refractivity contribution in [2.45, 2.75) is 23.5 Å². The minimum absolute atomic E-state index is 0.0208. The molecule has 0 aromatic heterocycles. The van der Waals surface area contributed by atoms with Crippen LogP contribution < -0.4 is 5.32 Å². The lowest BCUT2D eigenvalue weighted by Gasteiger charge is -2.07. The molecular weight excluding hydrogens is 220 g/mol. The third-order valence-electron chi connectivity index (χ3n) is 2.08. The van der Waals surface area contributed by atoms with E-state index in [1.807, 2.05) is 6.92 Å². The van der Waals surface area contributed by atoms with Crippen LogP contribution in [0.4, 0.5) is 14.5 Å². The summed E-state index contributed by atoms with van der Waals surface area (Å²) >= 11 is 1.30. The largest absolute Gasteiger partial charge is 0.323 e. The van der Waals surface area contributed by atoms with Gasteiger partial charge < -0.3 is 5.32 Å². The fourth-order valence-electron chi connectivity index (χ4n) is 1.47. The number of benzene rings is 1. The highest BCUT2D eigenvalue weighted by Gasteiger charge is 2.22. The van der Waals surface area contributed by atoms with Crippen molar-refractivity contribution in [3.8, 4) is 0 Å². The molecule has 80 valence electrons. The lowest BCUT2D eigenvalue weighted by atomic mass is 10.2. The Morgan fingerprint density at radius 2 is 2.20 bits per heavy atom. The Kier molecular flexibility index (Phi) is 2.65. The molecule has 1 N–H and O–H groups in total. The number of anilines is 1. The molecule has 1 aromatic carbocycles. The lowest BCUT2D eigenvalue weighted by Crippen LogP contribution is -2.14. The van der Waals surface area contributed by atoms with E-state index in [0.29, 0.717) is 11.3 Å². The normalized spacial score (nSPS) is 20.5. The van der Waals surface area contributed by atoms with Gasteiger partial charge in [0.05, 0.1) is 5.69 Å². The van der Waals surface area contributed by atoms with Crippen molar-refractivity contribution in [2.75, 3.05) is 5.32 Å². The molecule has 0 bridgehead atoms. The molecule has 5 heteroatoms. The van der Waals surface area contributed by atoms with Crippen molar-refractivity contribution in [1.82, 2.24) is 0 Å². The van der Waals surface area contributed by atoms with Crippen molar-refractivity contribution in [3.05, 3.63) is 23.8 Å². The number of amides is 1. The molecule has 1 aliphatic rings. The van der Waals surface area contributed by atoms with Gasteiger partial charge in [-0.3, -0.25) is 4.79 Å². The van der Waals surface area contributed by atoms with E-state index in [9.17, 15) is 13.6 Å². The third-order valence-corrected chi connectivity index (χ3v) is 3.23. The van der Waals surface area contributed by atoms with E-state index in [1.54, 1.807) is 0 Å². The Morgan fingerprint density at radius 1 is 1.47 bits per heavy atom. The van der Waals surface area contributed by atoms with Crippen molar-refractivity contribution in [1.29, 1.82) is 0 Å². The van der Waals surface area contributed by atoms with E-state index >= 15 is 0 Å². The molecule has 0 spiro atoms. The number of carbonyl (C=O) groups is 1. The summed E-state index contributed by atoms with van der Waals surface area (Å²) in [6, 6.07) is 2.01. The molecule has 0 radical (unpaired) electrons. The predicted octanol–water partition coefficient (Wildman–Crippen LogP) is 2.79. The fraction of sp³-hybridized carbons (Fsp3) is 0.300. The number of fused-ring (bicyclic) bond motifs is 1. The highest BCUT2D eigenvalue weighted by Crippen LogP contribution is 2.36. The first-order chi connectivity index (χ1) is 7.06. The number of thioether (sulfide) groups is 1. The monoisotopic (exact) mass is 229 g/mol. The molecule has 2 nitrogen and oxygen atoms in total. The zero-order valence-corrected chi connectivity index (χ0v) is 8.83. The Morgan fingerprint density at radius 3 is 2.93 bits per heavy atom. The van der Waals surface area contributed by atoms with Crippen molar-refractivity contribution in [2.24, 2.45) is 0 Å². The van der Waals surface area contributed by atoms with E-state index in [-0.39, 0.29) is 16.8 Å². The van der Waals surface area contributed by atoms with Gasteiger partial charge in [0, 0.05) is 22.6 Å².